The summed E-state index contributed by atoms with van der Waals surface area (Å²) in [5.41, 5.74) is 1.40. The van der Waals surface area contributed by atoms with E-state index in [0.29, 0.717) is 17.9 Å². The molecular weight excluding hydrogens is 245 g/mol. The zero-order valence-electron chi connectivity index (χ0n) is 10.5. The molecule has 0 fully saturated rings. The first-order valence-corrected chi connectivity index (χ1v) is 5.96. The number of carbonyl (C=O) groups excluding carboxylic acids is 1. The van der Waals surface area contributed by atoms with Gasteiger partial charge in [0, 0.05) is 12.1 Å². The fourth-order valence-electron chi connectivity index (χ4n) is 1.47. The molecule has 4 nitrogen and oxygen atoms in total. The number of nitrogens with zero attached hydrogens (tertiary/aromatic N) is 1. The van der Waals surface area contributed by atoms with Crippen LogP contribution in [-0.4, -0.2) is 10.9 Å². The van der Waals surface area contributed by atoms with Gasteiger partial charge in [-0.25, -0.2) is 9.37 Å². The molecule has 2 rings (SSSR count). The first-order chi connectivity index (χ1) is 9.17. The maximum atomic E-state index is 12.7. The van der Waals surface area contributed by atoms with Gasteiger partial charge in [-0.15, -0.1) is 0 Å². The van der Waals surface area contributed by atoms with Gasteiger partial charge in [-0.3, -0.25) is 4.79 Å². The third-order valence-corrected chi connectivity index (χ3v) is 2.48. The fourth-order valence-corrected chi connectivity index (χ4v) is 1.47. The standard InChI is InChI=1S/C14H14FN3O/c1-2-14(19)18-12-7-8-13(16-9-12)17-11-5-3-10(15)4-6-11/h3-9H,2H2,1H3,(H,16,17)(H,18,19). The summed E-state index contributed by atoms with van der Waals surface area (Å²) in [6.07, 6.45) is 2.00. The Morgan fingerprint density at radius 3 is 2.42 bits per heavy atom. The Kier molecular flexibility index (Phi) is 4.07. The van der Waals surface area contributed by atoms with Gasteiger partial charge < -0.3 is 10.6 Å². The number of halogens is 1. The van der Waals surface area contributed by atoms with Gasteiger partial charge in [-0.2, -0.15) is 0 Å². The van der Waals surface area contributed by atoms with Crippen molar-refractivity contribution < 1.29 is 9.18 Å². The SMILES string of the molecule is CCC(=O)Nc1ccc(Nc2ccc(F)cc2)nc1. The highest BCUT2D eigenvalue weighted by molar-refractivity contribution is 5.90. The van der Waals surface area contributed by atoms with Crippen LogP contribution in [0.1, 0.15) is 13.3 Å². The lowest BCUT2D eigenvalue weighted by Gasteiger charge is -2.07. The third-order valence-electron chi connectivity index (χ3n) is 2.48. The fraction of sp³-hybridized carbons (Fsp3) is 0.143. The first kappa shape index (κ1) is 13.0. The van der Waals surface area contributed by atoms with E-state index < -0.39 is 0 Å². The summed E-state index contributed by atoms with van der Waals surface area (Å²) in [6.45, 7) is 1.78. The number of anilines is 3. The lowest BCUT2D eigenvalue weighted by atomic mass is 10.3. The molecule has 1 heterocycles. The van der Waals surface area contributed by atoms with E-state index in [0.717, 1.165) is 5.69 Å². The summed E-state index contributed by atoms with van der Waals surface area (Å²) in [4.78, 5) is 15.4. The van der Waals surface area contributed by atoms with Crippen LogP contribution in [0.3, 0.4) is 0 Å². The highest BCUT2D eigenvalue weighted by Gasteiger charge is 2.00. The molecule has 1 aromatic heterocycles. The number of hydrogen-bond donors (Lipinski definition) is 2. The summed E-state index contributed by atoms with van der Waals surface area (Å²) >= 11 is 0. The van der Waals surface area contributed by atoms with Crippen LogP contribution in [0.15, 0.2) is 42.6 Å². The van der Waals surface area contributed by atoms with Crippen LogP contribution in [0.4, 0.5) is 21.6 Å². The number of nitrogens with one attached hydrogen (secondary N) is 2. The number of amides is 1. The van der Waals surface area contributed by atoms with Crippen molar-refractivity contribution in [2.75, 3.05) is 10.6 Å². The van der Waals surface area contributed by atoms with E-state index in [2.05, 4.69) is 15.6 Å². The van der Waals surface area contributed by atoms with Crippen molar-refractivity contribution in [3.05, 3.63) is 48.4 Å². The monoisotopic (exact) mass is 259 g/mol. The van der Waals surface area contributed by atoms with E-state index in [-0.39, 0.29) is 11.7 Å². The van der Waals surface area contributed by atoms with Crippen molar-refractivity contribution in [1.82, 2.24) is 4.98 Å². The Morgan fingerprint density at radius 1 is 1.16 bits per heavy atom. The van der Waals surface area contributed by atoms with Crippen LogP contribution in [0, 0.1) is 5.82 Å². The number of benzene rings is 1. The normalized spacial score (nSPS) is 10.0. The Hall–Kier alpha value is -2.43. The van der Waals surface area contributed by atoms with E-state index in [9.17, 15) is 9.18 Å². The van der Waals surface area contributed by atoms with Crippen molar-refractivity contribution in [3.8, 4) is 0 Å². The first-order valence-electron chi connectivity index (χ1n) is 5.96. The van der Waals surface area contributed by atoms with Crippen molar-refractivity contribution in [1.29, 1.82) is 0 Å². The molecule has 0 aliphatic rings. The van der Waals surface area contributed by atoms with Gasteiger partial charge in [0.2, 0.25) is 5.91 Å². The Balaban J connectivity index is 2.02. The average molecular weight is 259 g/mol. The highest BCUT2D eigenvalue weighted by atomic mass is 19.1. The van der Waals surface area contributed by atoms with Gasteiger partial charge in [0.1, 0.15) is 11.6 Å². The van der Waals surface area contributed by atoms with Gasteiger partial charge in [-0.05, 0) is 36.4 Å². The van der Waals surface area contributed by atoms with Gasteiger partial charge in [0.05, 0.1) is 11.9 Å². The number of aromatic nitrogens is 1. The maximum Gasteiger partial charge on any atom is 0.224 e. The van der Waals surface area contributed by atoms with E-state index in [1.54, 1.807) is 37.4 Å². The molecule has 0 aliphatic carbocycles. The Labute approximate surface area is 110 Å². The van der Waals surface area contributed by atoms with Crippen molar-refractivity contribution in [2.45, 2.75) is 13.3 Å². The summed E-state index contributed by atoms with van der Waals surface area (Å²) in [6, 6.07) is 9.50. The molecule has 0 bridgehead atoms. The molecular formula is C14H14FN3O. The minimum Gasteiger partial charge on any atom is -0.340 e. The molecule has 0 saturated carbocycles. The molecule has 0 spiro atoms. The second-order valence-electron chi connectivity index (χ2n) is 3.97. The molecule has 1 amide bonds. The molecule has 5 heteroatoms. The van der Waals surface area contributed by atoms with E-state index in [1.807, 2.05) is 0 Å². The van der Waals surface area contributed by atoms with Crippen LogP contribution in [0.25, 0.3) is 0 Å². The molecule has 0 unspecified atom stereocenters. The summed E-state index contributed by atoms with van der Waals surface area (Å²) < 4.78 is 12.7. The van der Waals surface area contributed by atoms with Gasteiger partial charge in [0.15, 0.2) is 0 Å². The second-order valence-corrected chi connectivity index (χ2v) is 3.97. The lowest BCUT2D eigenvalue weighted by Crippen LogP contribution is -2.09. The molecule has 19 heavy (non-hydrogen) atoms. The highest BCUT2D eigenvalue weighted by Crippen LogP contribution is 2.16. The van der Waals surface area contributed by atoms with Gasteiger partial charge in [-0.1, -0.05) is 6.92 Å². The van der Waals surface area contributed by atoms with E-state index >= 15 is 0 Å². The lowest BCUT2D eigenvalue weighted by molar-refractivity contribution is -0.115. The van der Waals surface area contributed by atoms with E-state index in [1.165, 1.54) is 12.1 Å². The van der Waals surface area contributed by atoms with Gasteiger partial charge in [0.25, 0.3) is 0 Å². The number of rotatable bonds is 4. The maximum absolute atomic E-state index is 12.7. The minimum absolute atomic E-state index is 0.0546. The predicted molar refractivity (Wildman–Crippen MR) is 72.8 cm³/mol. The summed E-state index contributed by atoms with van der Waals surface area (Å²) in [5.74, 6) is 0.290. The topological polar surface area (TPSA) is 54.0 Å². The Morgan fingerprint density at radius 2 is 1.84 bits per heavy atom. The number of carbonyl (C=O) groups is 1. The molecule has 1 aromatic carbocycles. The van der Waals surface area contributed by atoms with Crippen molar-refractivity contribution in [3.63, 3.8) is 0 Å². The van der Waals surface area contributed by atoms with Crippen molar-refractivity contribution in [2.24, 2.45) is 0 Å². The predicted octanol–water partition coefficient (Wildman–Crippen LogP) is 3.31. The average Bonchev–Trinajstić information content (AvgIpc) is 2.43. The van der Waals surface area contributed by atoms with E-state index in [4.69, 9.17) is 0 Å². The Bertz CT molecular complexity index is 552. The van der Waals surface area contributed by atoms with Crippen LogP contribution >= 0.6 is 0 Å². The zero-order chi connectivity index (χ0) is 13.7. The minimum atomic E-state index is -0.281. The summed E-state index contributed by atoms with van der Waals surface area (Å²) in [7, 11) is 0. The van der Waals surface area contributed by atoms with Crippen LogP contribution < -0.4 is 10.6 Å². The molecule has 2 N–H and O–H groups in total. The van der Waals surface area contributed by atoms with Crippen molar-refractivity contribution >= 4 is 23.1 Å². The smallest absolute Gasteiger partial charge is 0.224 e. The van der Waals surface area contributed by atoms with Crippen LogP contribution in [0.5, 0.6) is 0 Å². The number of pyridine rings is 1. The molecule has 0 aliphatic heterocycles. The molecule has 0 saturated heterocycles. The molecule has 0 atom stereocenters. The van der Waals surface area contributed by atoms with Crippen LogP contribution in [-0.2, 0) is 4.79 Å². The molecule has 2 aromatic rings. The third kappa shape index (κ3) is 3.77. The zero-order valence-corrected chi connectivity index (χ0v) is 10.5. The largest absolute Gasteiger partial charge is 0.340 e. The van der Waals surface area contributed by atoms with Gasteiger partial charge >= 0.3 is 0 Å². The quantitative estimate of drug-likeness (QED) is 0.885. The molecule has 0 radical (unpaired) electrons. The summed E-state index contributed by atoms with van der Waals surface area (Å²) in [5, 5.41) is 5.75. The number of hydrogen-bond acceptors (Lipinski definition) is 3. The van der Waals surface area contributed by atoms with Crippen LogP contribution in [0.2, 0.25) is 0 Å². The molecule has 98 valence electrons. The second kappa shape index (κ2) is 5.95.